The number of methoxy groups -OCH3 is 1. The van der Waals surface area contributed by atoms with Crippen molar-refractivity contribution in [2.24, 2.45) is 0 Å². The number of aromatic nitrogens is 2. The summed E-state index contributed by atoms with van der Waals surface area (Å²) >= 11 is 5.94. The molecule has 0 aliphatic carbocycles. The lowest BCUT2D eigenvalue weighted by molar-refractivity contribution is -0.384. The molecule has 4 rings (SSSR count). The molecule has 1 amide bonds. The number of hydrogen-bond acceptors (Lipinski definition) is 6. The summed E-state index contributed by atoms with van der Waals surface area (Å²) in [5, 5.41) is 13.7. The summed E-state index contributed by atoms with van der Waals surface area (Å²) in [6.45, 7) is 2.65. The monoisotopic (exact) mass is 473 g/mol. The molecular weight excluding hydrogens is 450 g/mol. The number of aromatic amines is 1. The van der Waals surface area contributed by atoms with Crippen LogP contribution in [0.1, 0.15) is 29.2 Å². The van der Waals surface area contributed by atoms with E-state index in [0.29, 0.717) is 13.1 Å². The molecule has 0 spiro atoms. The van der Waals surface area contributed by atoms with Crippen molar-refractivity contribution in [1.29, 1.82) is 0 Å². The number of para-hydroxylation sites is 2. The quantitative estimate of drug-likeness (QED) is 0.402. The summed E-state index contributed by atoms with van der Waals surface area (Å²) in [5.41, 5.74) is 1.50. The molecule has 0 bridgehead atoms. The molecule has 0 atom stereocenters. The van der Waals surface area contributed by atoms with Crippen molar-refractivity contribution < 1.29 is 14.5 Å². The van der Waals surface area contributed by atoms with E-state index in [-0.39, 0.29) is 33.8 Å². The van der Waals surface area contributed by atoms with Gasteiger partial charge < -0.3 is 19.9 Å². The molecule has 10 nitrogen and oxygen atoms in total. The number of fused-ring (bicyclic) bond motifs is 1. The number of carbonyl (C=O) groups excluding carboxylic acids is 1. The van der Waals surface area contributed by atoms with E-state index >= 15 is 0 Å². The van der Waals surface area contributed by atoms with Crippen LogP contribution in [0.3, 0.4) is 0 Å². The molecule has 2 aromatic carbocycles. The van der Waals surface area contributed by atoms with Crippen molar-refractivity contribution in [3.63, 3.8) is 0 Å². The van der Waals surface area contributed by atoms with E-state index in [9.17, 15) is 19.7 Å². The van der Waals surface area contributed by atoms with Gasteiger partial charge in [0.25, 0.3) is 11.6 Å². The van der Waals surface area contributed by atoms with Gasteiger partial charge in [0, 0.05) is 32.2 Å². The first-order valence-electron chi connectivity index (χ1n) is 10.6. The van der Waals surface area contributed by atoms with Gasteiger partial charge in [0.2, 0.25) is 0 Å². The predicted octanol–water partition coefficient (Wildman–Crippen LogP) is 2.97. The number of carbonyl (C=O) groups is 1. The highest BCUT2D eigenvalue weighted by Crippen LogP contribution is 2.32. The van der Waals surface area contributed by atoms with Crippen LogP contribution in [0.5, 0.6) is 5.75 Å². The zero-order valence-electron chi connectivity index (χ0n) is 18.0. The minimum Gasteiger partial charge on any atom is -0.496 e. The Morgan fingerprint density at radius 2 is 2.03 bits per heavy atom. The summed E-state index contributed by atoms with van der Waals surface area (Å²) in [6.07, 6.45) is 1.67. The number of H-pyrrole nitrogens is 1. The van der Waals surface area contributed by atoms with E-state index in [1.807, 2.05) is 28.8 Å². The molecule has 3 aromatic rings. The van der Waals surface area contributed by atoms with Gasteiger partial charge in [-0.1, -0.05) is 23.7 Å². The number of likely N-dealkylation sites (tertiary alicyclic amines) is 1. The maximum Gasteiger partial charge on any atom is 0.326 e. The molecule has 33 heavy (non-hydrogen) atoms. The van der Waals surface area contributed by atoms with Gasteiger partial charge in [0.05, 0.1) is 34.7 Å². The minimum atomic E-state index is -0.624. The van der Waals surface area contributed by atoms with E-state index in [1.165, 1.54) is 13.2 Å². The first kappa shape index (κ1) is 22.8. The van der Waals surface area contributed by atoms with Crippen LogP contribution in [0.15, 0.2) is 41.2 Å². The first-order chi connectivity index (χ1) is 15.9. The highest BCUT2D eigenvalue weighted by Gasteiger charge is 2.24. The minimum absolute atomic E-state index is 0.0855. The molecular formula is C22H24ClN5O5. The van der Waals surface area contributed by atoms with Gasteiger partial charge in [-0.05, 0) is 31.0 Å². The Hall–Kier alpha value is -3.37. The van der Waals surface area contributed by atoms with E-state index in [4.69, 9.17) is 16.3 Å². The van der Waals surface area contributed by atoms with Crippen molar-refractivity contribution in [1.82, 2.24) is 19.8 Å². The van der Waals surface area contributed by atoms with E-state index in [0.717, 1.165) is 43.0 Å². The van der Waals surface area contributed by atoms with Gasteiger partial charge >= 0.3 is 5.69 Å². The molecule has 0 saturated carbocycles. The molecule has 174 valence electrons. The summed E-state index contributed by atoms with van der Waals surface area (Å²) in [4.78, 5) is 40.6. The van der Waals surface area contributed by atoms with Crippen molar-refractivity contribution in [3.05, 3.63) is 67.6 Å². The van der Waals surface area contributed by atoms with Crippen molar-refractivity contribution >= 4 is 34.2 Å². The lowest BCUT2D eigenvalue weighted by Gasteiger charge is -2.32. The molecule has 1 aliphatic heterocycles. The van der Waals surface area contributed by atoms with Crippen LogP contribution in [-0.2, 0) is 0 Å². The average Bonchev–Trinajstić information content (AvgIpc) is 3.14. The SMILES string of the molecule is COc1cc([N+](=O)[O-])c(Cl)cc1C(=O)NCCN1CCC(n2c(=O)[nH]c3ccccc32)CC1. The molecule has 1 aromatic heterocycles. The molecule has 11 heteroatoms. The number of imidazole rings is 1. The number of hydrogen-bond donors (Lipinski definition) is 2. The molecule has 2 heterocycles. The fourth-order valence-corrected chi connectivity index (χ4v) is 4.52. The molecule has 0 unspecified atom stereocenters. The highest BCUT2D eigenvalue weighted by atomic mass is 35.5. The van der Waals surface area contributed by atoms with E-state index < -0.39 is 10.8 Å². The molecule has 2 N–H and O–H groups in total. The van der Waals surface area contributed by atoms with Crippen LogP contribution in [0, 0.1) is 10.1 Å². The van der Waals surface area contributed by atoms with Gasteiger partial charge in [0.15, 0.2) is 0 Å². The lowest BCUT2D eigenvalue weighted by atomic mass is 10.0. The highest BCUT2D eigenvalue weighted by molar-refractivity contribution is 6.33. The second kappa shape index (κ2) is 9.63. The Bertz CT molecular complexity index is 1250. The maximum absolute atomic E-state index is 12.6. The third-order valence-electron chi connectivity index (χ3n) is 5.97. The topological polar surface area (TPSA) is 122 Å². The number of nitrogens with one attached hydrogen (secondary N) is 2. The van der Waals surface area contributed by atoms with Crippen LogP contribution in [0.2, 0.25) is 5.02 Å². The largest absolute Gasteiger partial charge is 0.496 e. The zero-order chi connectivity index (χ0) is 23.5. The summed E-state index contributed by atoms with van der Waals surface area (Å²) in [7, 11) is 1.34. The Balaban J connectivity index is 1.32. The normalized spacial score (nSPS) is 15.0. The number of rotatable bonds is 7. The lowest BCUT2D eigenvalue weighted by Crippen LogP contribution is -2.41. The van der Waals surface area contributed by atoms with Crippen molar-refractivity contribution in [2.75, 3.05) is 33.3 Å². The van der Waals surface area contributed by atoms with Crippen LogP contribution in [0.4, 0.5) is 5.69 Å². The average molecular weight is 474 g/mol. The second-order valence-electron chi connectivity index (χ2n) is 7.91. The van der Waals surface area contributed by atoms with E-state index in [1.54, 1.807) is 0 Å². The van der Waals surface area contributed by atoms with Crippen molar-refractivity contribution in [2.45, 2.75) is 18.9 Å². The van der Waals surface area contributed by atoms with Crippen LogP contribution in [0.25, 0.3) is 11.0 Å². The van der Waals surface area contributed by atoms with E-state index in [2.05, 4.69) is 15.2 Å². The van der Waals surface area contributed by atoms with Gasteiger partial charge in [0.1, 0.15) is 10.8 Å². The fraction of sp³-hybridized carbons (Fsp3) is 0.364. The Labute approximate surface area is 194 Å². The van der Waals surface area contributed by atoms with Gasteiger partial charge in [-0.25, -0.2) is 4.79 Å². The van der Waals surface area contributed by atoms with Gasteiger partial charge in [-0.2, -0.15) is 0 Å². The Kier molecular flexibility index (Phi) is 6.66. The Morgan fingerprint density at radius 1 is 1.30 bits per heavy atom. The number of nitrogens with zero attached hydrogens (tertiary/aromatic N) is 3. The summed E-state index contributed by atoms with van der Waals surface area (Å²) < 4.78 is 6.98. The Morgan fingerprint density at radius 3 is 2.73 bits per heavy atom. The third kappa shape index (κ3) is 4.71. The van der Waals surface area contributed by atoms with Crippen LogP contribution < -0.4 is 15.7 Å². The van der Waals surface area contributed by atoms with Crippen LogP contribution >= 0.6 is 11.6 Å². The second-order valence-corrected chi connectivity index (χ2v) is 8.31. The maximum atomic E-state index is 12.6. The van der Waals surface area contributed by atoms with Crippen molar-refractivity contribution in [3.8, 4) is 5.75 Å². The number of benzene rings is 2. The molecule has 1 aliphatic rings. The molecule has 1 saturated heterocycles. The number of halogens is 1. The zero-order valence-corrected chi connectivity index (χ0v) is 18.8. The first-order valence-corrected chi connectivity index (χ1v) is 11.0. The summed E-state index contributed by atoms with van der Waals surface area (Å²) in [6, 6.07) is 10.2. The van der Waals surface area contributed by atoms with Gasteiger partial charge in [-0.3, -0.25) is 19.5 Å². The molecule has 1 fully saturated rings. The summed E-state index contributed by atoms with van der Waals surface area (Å²) in [5.74, 6) is -0.322. The number of ether oxygens (including phenoxy) is 1. The number of nitro benzene ring substituents is 1. The number of piperidine rings is 1. The molecule has 0 radical (unpaired) electrons. The number of nitro groups is 1. The third-order valence-corrected chi connectivity index (χ3v) is 6.27. The standard InChI is InChI=1S/C22H24ClN5O5/c1-33-20-13-19(28(31)32)16(23)12-15(20)21(29)24-8-11-26-9-6-14(7-10-26)27-18-5-3-2-4-17(18)25-22(27)30/h2-5,12-14H,6-11H2,1H3,(H,24,29)(H,25,30). The number of amides is 1. The fourth-order valence-electron chi connectivity index (χ4n) is 4.29. The van der Waals surface area contributed by atoms with Crippen LogP contribution in [-0.4, -0.2) is 58.6 Å². The smallest absolute Gasteiger partial charge is 0.326 e. The van der Waals surface area contributed by atoms with Gasteiger partial charge in [-0.15, -0.1) is 0 Å². The predicted molar refractivity (Wildman–Crippen MR) is 124 cm³/mol.